The number of esters is 1. The van der Waals surface area contributed by atoms with Gasteiger partial charge in [0.15, 0.2) is 6.10 Å². The van der Waals surface area contributed by atoms with Gasteiger partial charge in [-0.2, -0.15) is 0 Å². The number of aryl methyl sites for hydroxylation is 1. The third kappa shape index (κ3) is 5.90. The van der Waals surface area contributed by atoms with Gasteiger partial charge in [-0.3, -0.25) is 9.59 Å². The fourth-order valence-corrected chi connectivity index (χ4v) is 2.91. The van der Waals surface area contributed by atoms with E-state index >= 15 is 0 Å². The molecule has 0 unspecified atom stereocenters. The number of primary sulfonamides is 1. The first-order chi connectivity index (χ1) is 12.7. The van der Waals surface area contributed by atoms with Crippen LogP contribution in [0, 0.1) is 0 Å². The Hall–Kier alpha value is -2.71. The first-order valence-electron chi connectivity index (χ1n) is 8.20. The van der Waals surface area contributed by atoms with Crippen molar-refractivity contribution < 1.29 is 27.5 Å². The van der Waals surface area contributed by atoms with Crippen LogP contribution in [-0.4, -0.2) is 33.4 Å². The second-order valence-electron chi connectivity index (χ2n) is 5.91. The van der Waals surface area contributed by atoms with Gasteiger partial charge in [0.1, 0.15) is 5.75 Å². The average molecular weight is 391 g/mol. The van der Waals surface area contributed by atoms with Crippen LogP contribution in [-0.2, 0) is 26.0 Å². The van der Waals surface area contributed by atoms with E-state index in [0.29, 0.717) is 17.7 Å². The summed E-state index contributed by atoms with van der Waals surface area (Å²) in [4.78, 5) is 24.3. The summed E-state index contributed by atoms with van der Waals surface area (Å²) in [6, 6.07) is 12.5. The van der Waals surface area contributed by atoms with E-state index in [1.807, 2.05) is 0 Å². The Morgan fingerprint density at radius 2 is 1.63 bits per heavy atom. The number of benzene rings is 2. The Balaban J connectivity index is 1.88. The molecule has 2 rings (SSSR count). The predicted molar refractivity (Wildman–Crippen MR) is 99.0 cm³/mol. The molecule has 0 aliphatic rings. The molecule has 0 amide bonds. The van der Waals surface area contributed by atoms with Crippen molar-refractivity contribution in [3.63, 3.8) is 0 Å². The molecule has 0 aliphatic heterocycles. The molecule has 0 aliphatic carbocycles. The monoisotopic (exact) mass is 391 g/mol. The summed E-state index contributed by atoms with van der Waals surface area (Å²) in [6.45, 7) is 1.52. The van der Waals surface area contributed by atoms with Gasteiger partial charge >= 0.3 is 5.97 Å². The van der Waals surface area contributed by atoms with Crippen LogP contribution < -0.4 is 9.88 Å². The molecule has 0 heterocycles. The highest BCUT2D eigenvalue weighted by atomic mass is 32.2. The van der Waals surface area contributed by atoms with Crippen molar-refractivity contribution >= 4 is 21.8 Å². The summed E-state index contributed by atoms with van der Waals surface area (Å²) in [5.74, 6) is -0.187. The second-order valence-corrected chi connectivity index (χ2v) is 7.48. The highest BCUT2D eigenvalue weighted by Crippen LogP contribution is 2.15. The van der Waals surface area contributed by atoms with E-state index in [2.05, 4.69) is 0 Å². The minimum absolute atomic E-state index is 0.00698. The fraction of sp³-hybridized carbons (Fsp3) is 0.263. The smallest absolute Gasteiger partial charge is 0.306 e. The van der Waals surface area contributed by atoms with Gasteiger partial charge in [0.2, 0.25) is 15.8 Å². The molecule has 1 atom stereocenters. The first-order valence-corrected chi connectivity index (χ1v) is 9.75. The number of methoxy groups -OCH3 is 1. The highest BCUT2D eigenvalue weighted by molar-refractivity contribution is 7.89. The van der Waals surface area contributed by atoms with Gasteiger partial charge in [-0.25, -0.2) is 13.6 Å². The number of hydrogen-bond acceptors (Lipinski definition) is 6. The normalized spacial score (nSPS) is 12.3. The highest BCUT2D eigenvalue weighted by Gasteiger charge is 2.19. The molecule has 144 valence electrons. The van der Waals surface area contributed by atoms with Crippen molar-refractivity contribution in [3.05, 3.63) is 59.7 Å². The van der Waals surface area contributed by atoms with Crippen molar-refractivity contribution in [2.24, 2.45) is 5.14 Å². The van der Waals surface area contributed by atoms with Gasteiger partial charge in [0.25, 0.3) is 0 Å². The number of hydrogen-bond donors (Lipinski definition) is 1. The van der Waals surface area contributed by atoms with Crippen molar-refractivity contribution in [2.75, 3.05) is 7.11 Å². The Labute approximate surface area is 158 Å². The number of Topliss-reactive ketones (excluding diaryl/α,β-unsaturated/α-hetero) is 1. The molecule has 0 spiro atoms. The quantitative estimate of drug-likeness (QED) is 0.545. The van der Waals surface area contributed by atoms with E-state index < -0.39 is 22.1 Å². The van der Waals surface area contributed by atoms with Crippen LogP contribution >= 0.6 is 0 Å². The van der Waals surface area contributed by atoms with Gasteiger partial charge in [0, 0.05) is 12.0 Å². The van der Waals surface area contributed by atoms with Gasteiger partial charge in [-0.1, -0.05) is 12.1 Å². The Bertz CT molecular complexity index is 904. The number of nitrogens with two attached hydrogens (primary N) is 1. The Morgan fingerprint density at radius 1 is 1.04 bits per heavy atom. The molecule has 0 bridgehead atoms. The van der Waals surface area contributed by atoms with Gasteiger partial charge < -0.3 is 9.47 Å². The summed E-state index contributed by atoms with van der Waals surface area (Å²) >= 11 is 0. The maximum Gasteiger partial charge on any atom is 0.306 e. The lowest BCUT2D eigenvalue weighted by Crippen LogP contribution is -2.24. The number of sulfonamides is 1. The summed E-state index contributed by atoms with van der Waals surface area (Å²) in [7, 11) is -2.21. The zero-order valence-corrected chi connectivity index (χ0v) is 15.9. The molecule has 0 radical (unpaired) electrons. The van der Waals surface area contributed by atoms with Crippen molar-refractivity contribution in [1.82, 2.24) is 0 Å². The topological polar surface area (TPSA) is 113 Å². The lowest BCUT2D eigenvalue weighted by atomic mass is 10.1. The summed E-state index contributed by atoms with van der Waals surface area (Å²) in [6.07, 6.45) is -0.488. The largest absolute Gasteiger partial charge is 0.497 e. The standard InChI is InChI=1S/C19H21NO6S/c1-13(19(22)15-6-8-16(25-2)9-7-15)26-18(21)12-5-14-3-10-17(11-4-14)27(20,23)24/h3-4,6-11,13H,5,12H2,1-2H3,(H2,20,23,24)/t13-/m0/s1. The van der Waals surface area contributed by atoms with E-state index in [-0.39, 0.29) is 17.1 Å². The molecular weight excluding hydrogens is 370 g/mol. The number of ether oxygens (including phenoxy) is 2. The average Bonchev–Trinajstić information content (AvgIpc) is 2.65. The molecule has 0 saturated heterocycles. The number of carbonyl (C=O) groups excluding carboxylic acids is 2. The van der Waals surface area contributed by atoms with Crippen molar-refractivity contribution in [3.8, 4) is 5.75 Å². The lowest BCUT2D eigenvalue weighted by Gasteiger charge is -2.12. The minimum Gasteiger partial charge on any atom is -0.497 e. The van der Waals surface area contributed by atoms with Crippen LogP contribution in [0.15, 0.2) is 53.4 Å². The fourth-order valence-electron chi connectivity index (χ4n) is 2.39. The molecule has 8 heteroatoms. The number of carbonyl (C=O) groups is 2. The zero-order valence-electron chi connectivity index (χ0n) is 15.0. The van der Waals surface area contributed by atoms with Crippen LogP contribution in [0.25, 0.3) is 0 Å². The van der Waals surface area contributed by atoms with E-state index in [4.69, 9.17) is 14.6 Å². The SMILES string of the molecule is COc1ccc(C(=O)[C@H](C)OC(=O)CCc2ccc(S(N)(=O)=O)cc2)cc1. The molecule has 2 aromatic rings. The third-order valence-corrected chi connectivity index (χ3v) is 4.85. The van der Waals surface area contributed by atoms with E-state index in [1.54, 1.807) is 36.4 Å². The number of ketones is 1. The molecule has 0 aromatic heterocycles. The molecular formula is C19H21NO6S. The minimum atomic E-state index is -3.74. The second kappa shape index (κ2) is 8.79. The molecule has 0 saturated carbocycles. The Kier molecular flexibility index (Phi) is 6.70. The van der Waals surface area contributed by atoms with Crippen LogP contribution in [0.4, 0.5) is 0 Å². The molecule has 7 nitrogen and oxygen atoms in total. The van der Waals surface area contributed by atoms with Crippen molar-refractivity contribution in [1.29, 1.82) is 0 Å². The molecule has 2 aromatic carbocycles. The summed E-state index contributed by atoms with van der Waals surface area (Å²) in [5.41, 5.74) is 1.18. The third-order valence-electron chi connectivity index (χ3n) is 3.92. The van der Waals surface area contributed by atoms with Crippen LogP contribution in [0.2, 0.25) is 0 Å². The summed E-state index contributed by atoms with van der Waals surface area (Å²) in [5, 5.41) is 5.04. The van der Waals surface area contributed by atoms with Crippen LogP contribution in [0.5, 0.6) is 5.75 Å². The van der Waals surface area contributed by atoms with E-state index in [1.165, 1.54) is 26.2 Å². The lowest BCUT2D eigenvalue weighted by molar-refractivity contribution is -0.146. The number of rotatable bonds is 8. The maximum absolute atomic E-state index is 12.3. The van der Waals surface area contributed by atoms with Crippen LogP contribution in [0.1, 0.15) is 29.3 Å². The maximum atomic E-state index is 12.3. The van der Waals surface area contributed by atoms with Crippen LogP contribution in [0.3, 0.4) is 0 Å². The van der Waals surface area contributed by atoms with E-state index in [9.17, 15) is 18.0 Å². The van der Waals surface area contributed by atoms with E-state index in [0.717, 1.165) is 5.56 Å². The summed E-state index contributed by atoms with van der Waals surface area (Å²) < 4.78 is 32.6. The Morgan fingerprint density at radius 3 is 2.15 bits per heavy atom. The molecule has 0 fully saturated rings. The molecule has 2 N–H and O–H groups in total. The van der Waals surface area contributed by atoms with Gasteiger partial charge in [-0.15, -0.1) is 0 Å². The molecule has 27 heavy (non-hydrogen) atoms. The first kappa shape index (κ1) is 20.6. The van der Waals surface area contributed by atoms with Gasteiger partial charge in [-0.05, 0) is 55.3 Å². The van der Waals surface area contributed by atoms with Crippen molar-refractivity contribution in [2.45, 2.75) is 30.8 Å². The zero-order chi connectivity index (χ0) is 20.0. The predicted octanol–water partition coefficient (Wildman–Crippen LogP) is 2.09. The van der Waals surface area contributed by atoms with Gasteiger partial charge in [0.05, 0.1) is 12.0 Å².